The van der Waals surface area contributed by atoms with Crippen LogP contribution in [0.2, 0.25) is 5.02 Å². The van der Waals surface area contributed by atoms with Gasteiger partial charge in [0.2, 0.25) is 0 Å². The summed E-state index contributed by atoms with van der Waals surface area (Å²) in [6, 6.07) is 5.55. The molecular formula is C14H18ClN3O2. The summed E-state index contributed by atoms with van der Waals surface area (Å²) >= 11 is 6.09. The van der Waals surface area contributed by atoms with Crippen molar-refractivity contribution in [2.75, 3.05) is 13.2 Å². The van der Waals surface area contributed by atoms with Crippen LogP contribution in [0.25, 0.3) is 11.5 Å². The second-order valence-electron chi connectivity index (χ2n) is 4.89. The number of ether oxygens (including phenoxy) is 1. The molecule has 2 rings (SSSR count). The molecule has 1 aromatic heterocycles. The average molecular weight is 296 g/mol. The second-order valence-corrected chi connectivity index (χ2v) is 5.30. The molecule has 0 aliphatic heterocycles. The smallest absolute Gasteiger partial charge is 0.258 e. The predicted octanol–water partition coefficient (Wildman–Crippen LogP) is 2.91. The Kier molecular flexibility index (Phi) is 4.42. The number of rotatable bonds is 5. The van der Waals surface area contributed by atoms with Crippen LogP contribution in [0.1, 0.15) is 25.2 Å². The van der Waals surface area contributed by atoms with E-state index < -0.39 is 5.54 Å². The predicted molar refractivity (Wildman–Crippen MR) is 77.5 cm³/mol. The largest absolute Gasteiger partial charge is 0.379 e. The Morgan fingerprint density at radius 1 is 1.45 bits per heavy atom. The van der Waals surface area contributed by atoms with Crippen LogP contribution in [0.15, 0.2) is 22.7 Å². The van der Waals surface area contributed by atoms with E-state index in [9.17, 15) is 0 Å². The Bertz CT molecular complexity index is 596. The van der Waals surface area contributed by atoms with Gasteiger partial charge in [0, 0.05) is 17.2 Å². The molecule has 0 spiro atoms. The van der Waals surface area contributed by atoms with Crippen molar-refractivity contribution in [2.45, 2.75) is 26.3 Å². The van der Waals surface area contributed by atoms with Gasteiger partial charge in [-0.3, -0.25) is 0 Å². The topological polar surface area (TPSA) is 74.2 Å². The van der Waals surface area contributed by atoms with E-state index in [4.69, 9.17) is 26.6 Å². The van der Waals surface area contributed by atoms with Crippen molar-refractivity contribution in [3.8, 4) is 11.5 Å². The summed E-state index contributed by atoms with van der Waals surface area (Å²) in [4.78, 5) is 4.37. The molecule has 1 unspecified atom stereocenters. The highest BCUT2D eigenvalue weighted by Crippen LogP contribution is 2.28. The minimum Gasteiger partial charge on any atom is -0.379 e. The average Bonchev–Trinajstić information content (AvgIpc) is 2.90. The number of benzene rings is 1. The molecule has 20 heavy (non-hydrogen) atoms. The quantitative estimate of drug-likeness (QED) is 0.918. The van der Waals surface area contributed by atoms with Crippen LogP contribution in [0.4, 0.5) is 0 Å². The first kappa shape index (κ1) is 15.0. The summed E-state index contributed by atoms with van der Waals surface area (Å²) < 4.78 is 10.6. The monoisotopic (exact) mass is 295 g/mol. The van der Waals surface area contributed by atoms with Crippen molar-refractivity contribution >= 4 is 11.6 Å². The van der Waals surface area contributed by atoms with Gasteiger partial charge in [0.05, 0.1) is 6.61 Å². The molecule has 2 N–H and O–H groups in total. The van der Waals surface area contributed by atoms with E-state index in [-0.39, 0.29) is 0 Å². The summed E-state index contributed by atoms with van der Waals surface area (Å²) in [6.45, 7) is 6.54. The molecule has 5 nitrogen and oxygen atoms in total. The SMILES string of the molecule is CCOCC(C)(N)c1noc(-c2cccc(Cl)c2C)n1. The van der Waals surface area contributed by atoms with Gasteiger partial charge in [-0.2, -0.15) is 4.98 Å². The van der Waals surface area contributed by atoms with Crippen molar-refractivity contribution < 1.29 is 9.26 Å². The molecule has 0 saturated heterocycles. The van der Waals surface area contributed by atoms with Gasteiger partial charge in [0.1, 0.15) is 5.54 Å². The van der Waals surface area contributed by atoms with E-state index in [0.717, 1.165) is 11.1 Å². The van der Waals surface area contributed by atoms with E-state index in [1.807, 2.05) is 39.0 Å². The second kappa shape index (κ2) is 5.91. The van der Waals surface area contributed by atoms with Crippen molar-refractivity contribution in [2.24, 2.45) is 5.73 Å². The van der Waals surface area contributed by atoms with Crippen LogP contribution in [0.3, 0.4) is 0 Å². The number of hydrogen-bond donors (Lipinski definition) is 1. The summed E-state index contributed by atoms with van der Waals surface area (Å²) in [6.07, 6.45) is 0. The van der Waals surface area contributed by atoms with Crippen molar-refractivity contribution in [3.63, 3.8) is 0 Å². The Balaban J connectivity index is 2.31. The van der Waals surface area contributed by atoms with E-state index in [1.165, 1.54) is 0 Å². The third kappa shape index (κ3) is 3.00. The fraction of sp³-hybridized carbons (Fsp3) is 0.429. The van der Waals surface area contributed by atoms with Gasteiger partial charge in [-0.05, 0) is 38.5 Å². The molecule has 0 bridgehead atoms. The van der Waals surface area contributed by atoms with Gasteiger partial charge in [0.15, 0.2) is 5.82 Å². The van der Waals surface area contributed by atoms with Gasteiger partial charge >= 0.3 is 0 Å². The normalized spacial score (nSPS) is 14.2. The highest BCUT2D eigenvalue weighted by molar-refractivity contribution is 6.31. The maximum absolute atomic E-state index is 6.15. The molecule has 0 aliphatic rings. The first-order chi connectivity index (χ1) is 9.45. The zero-order valence-electron chi connectivity index (χ0n) is 11.8. The van der Waals surface area contributed by atoms with Gasteiger partial charge in [-0.15, -0.1) is 0 Å². The maximum atomic E-state index is 6.15. The molecule has 0 fully saturated rings. The summed E-state index contributed by atoms with van der Waals surface area (Å²) in [5.74, 6) is 0.827. The van der Waals surface area contributed by atoms with E-state index in [0.29, 0.717) is 30.0 Å². The summed E-state index contributed by atoms with van der Waals surface area (Å²) in [7, 11) is 0. The first-order valence-electron chi connectivity index (χ1n) is 6.42. The lowest BCUT2D eigenvalue weighted by atomic mass is 10.0. The molecule has 0 radical (unpaired) electrons. The number of hydrogen-bond acceptors (Lipinski definition) is 5. The molecule has 1 heterocycles. The highest BCUT2D eigenvalue weighted by Gasteiger charge is 2.28. The van der Waals surface area contributed by atoms with Crippen molar-refractivity contribution in [1.82, 2.24) is 10.1 Å². The van der Waals surface area contributed by atoms with E-state index in [1.54, 1.807) is 0 Å². The molecule has 0 saturated carbocycles. The standard InChI is InChI=1S/C14H18ClN3O2/c1-4-19-8-14(3,16)13-17-12(20-18-13)10-6-5-7-11(15)9(10)2/h5-7H,4,8,16H2,1-3H3. The fourth-order valence-electron chi connectivity index (χ4n) is 1.78. The number of nitrogens with two attached hydrogens (primary N) is 1. The molecular weight excluding hydrogens is 278 g/mol. The number of nitrogens with zero attached hydrogens (tertiary/aromatic N) is 2. The minimum atomic E-state index is -0.787. The molecule has 0 amide bonds. The lowest BCUT2D eigenvalue weighted by Gasteiger charge is -2.19. The summed E-state index contributed by atoms with van der Waals surface area (Å²) in [5, 5.41) is 4.61. The molecule has 2 aromatic rings. The van der Waals surface area contributed by atoms with Crippen LogP contribution >= 0.6 is 11.6 Å². The van der Waals surface area contributed by atoms with Gasteiger partial charge in [-0.25, -0.2) is 0 Å². The van der Waals surface area contributed by atoms with Crippen LogP contribution < -0.4 is 5.73 Å². The van der Waals surface area contributed by atoms with Gasteiger partial charge in [-0.1, -0.05) is 22.8 Å². The third-order valence-electron chi connectivity index (χ3n) is 3.04. The Morgan fingerprint density at radius 2 is 2.20 bits per heavy atom. The third-order valence-corrected chi connectivity index (χ3v) is 3.45. The van der Waals surface area contributed by atoms with Gasteiger partial charge < -0.3 is 15.0 Å². The van der Waals surface area contributed by atoms with Crippen LogP contribution in [0, 0.1) is 6.92 Å². The van der Waals surface area contributed by atoms with Crippen molar-refractivity contribution in [3.05, 3.63) is 34.6 Å². The van der Waals surface area contributed by atoms with E-state index >= 15 is 0 Å². The molecule has 0 aliphatic carbocycles. The lowest BCUT2D eigenvalue weighted by molar-refractivity contribution is 0.0962. The maximum Gasteiger partial charge on any atom is 0.258 e. The first-order valence-corrected chi connectivity index (χ1v) is 6.80. The minimum absolute atomic E-state index is 0.330. The number of halogens is 1. The van der Waals surface area contributed by atoms with E-state index in [2.05, 4.69) is 10.1 Å². The zero-order valence-corrected chi connectivity index (χ0v) is 12.6. The Labute approximate surface area is 123 Å². The van der Waals surface area contributed by atoms with Crippen LogP contribution in [0.5, 0.6) is 0 Å². The fourth-order valence-corrected chi connectivity index (χ4v) is 1.96. The van der Waals surface area contributed by atoms with Crippen LogP contribution in [-0.4, -0.2) is 23.4 Å². The van der Waals surface area contributed by atoms with Crippen molar-refractivity contribution in [1.29, 1.82) is 0 Å². The summed E-state index contributed by atoms with van der Waals surface area (Å²) in [5.41, 5.74) is 7.06. The molecule has 1 atom stereocenters. The molecule has 6 heteroatoms. The molecule has 1 aromatic carbocycles. The Morgan fingerprint density at radius 3 is 2.90 bits per heavy atom. The Hall–Kier alpha value is -1.43. The van der Waals surface area contributed by atoms with Crippen LogP contribution in [-0.2, 0) is 10.3 Å². The number of aromatic nitrogens is 2. The highest BCUT2D eigenvalue weighted by atomic mass is 35.5. The zero-order chi connectivity index (χ0) is 14.8. The molecule has 108 valence electrons. The van der Waals surface area contributed by atoms with Gasteiger partial charge in [0.25, 0.3) is 5.89 Å². The lowest BCUT2D eigenvalue weighted by Crippen LogP contribution is -2.39.